The second kappa shape index (κ2) is 5.93. The van der Waals surface area contributed by atoms with E-state index < -0.39 is 0 Å². The summed E-state index contributed by atoms with van der Waals surface area (Å²) in [5, 5.41) is 9.32. The van der Waals surface area contributed by atoms with Gasteiger partial charge in [0.2, 0.25) is 0 Å². The zero-order valence-corrected chi connectivity index (χ0v) is 13.8. The molecule has 4 rings (SSSR count). The SMILES string of the molecule is CN(Cc1cc(-c2cccs2)n[nH]1)C(=O)c1cn2ccccc2n1. The van der Waals surface area contributed by atoms with Crippen LogP contribution in [-0.2, 0) is 6.54 Å². The van der Waals surface area contributed by atoms with E-state index in [4.69, 9.17) is 0 Å². The lowest BCUT2D eigenvalue weighted by Gasteiger charge is -2.14. The summed E-state index contributed by atoms with van der Waals surface area (Å²) in [6, 6.07) is 11.7. The quantitative estimate of drug-likeness (QED) is 0.622. The van der Waals surface area contributed by atoms with Gasteiger partial charge in [-0.1, -0.05) is 12.1 Å². The van der Waals surface area contributed by atoms with Gasteiger partial charge in [-0.2, -0.15) is 5.10 Å². The number of nitrogens with one attached hydrogen (secondary N) is 1. The average Bonchev–Trinajstić information content (AvgIpc) is 3.32. The highest BCUT2D eigenvalue weighted by Crippen LogP contribution is 2.23. The third-order valence-corrected chi connectivity index (χ3v) is 4.63. The van der Waals surface area contributed by atoms with Gasteiger partial charge in [0.05, 0.1) is 17.1 Å². The standard InChI is InChI=1S/C17H15N5OS/c1-21(10-12-9-13(20-19-12)15-5-4-8-24-15)17(23)14-11-22-7-3-2-6-16(22)18-14/h2-9,11H,10H2,1H3,(H,19,20). The Balaban J connectivity index is 1.51. The van der Waals surface area contributed by atoms with Crippen molar-refractivity contribution in [2.45, 2.75) is 6.54 Å². The molecule has 1 amide bonds. The Morgan fingerprint density at radius 1 is 1.33 bits per heavy atom. The number of hydrogen-bond acceptors (Lipinski definition) is 4. The molecule has 6 nitrogen and oxygen atoms in total. The van der Waals surface area contributed by atoms with Crippen LogP contribution in [0.15, 0.2) is 54.2 Å². The maximum Gasteiger partial charge on any atom is 0.274 e. The molecule has 0 bridgehead atoms. The lowest BCUT2D eigenvalue weighted by atomic mass is 10.3. The Hall–Kier alpha value is -2.93. The third-order valence-electron chi connectivity index (χ3n) is 3.74. The van der Waals surface area contributed by atoms with Gasteiger partial charge in [-0.15, -0.1) is 11.3 Å². The maximum absolute atomic E-state index is 12.6. The lowest BCUT2D eigenvalue weighted by molar-refractivity contribution is 0.0778. The van der Waals surface area contributed by atoms with Crippen molar-refractivity contribution in [3.05, 3.63) is 65.6 Å². The molecule has 4 aromatic rings. The van der Waals surface area contributed by atoms with Gasteiger partial charge in [0.25, 0.3) is 5.91 Å². The Bertz CT molecular complexity index is 952. The first-order valence-electron chi connectivity index (χ1n) is 7.48. The van der Waals surface area contributed by atoms with Crippen molar-refractivity contribution in [1.82, 2.24) is 24.5 Å². The lowest BCUT2D eigenvalue weighted by Crippen LogP contribution is -2.26. The molecule has 1 N–H and O–H groups in total. The van der Waals surface area contributed by atoms with Crippen LogP contribution in [0, 0.1) is 0 Å². The van der Waals surface area contributed by atoms with Crippen molar-refractivity contribution in [3.63, 3.8) is 0 Å². The van der Waals surface area contributed by atoms with E-state index in [1.54, 1.807) is 29.5 Å². The molecule has 120 valence electrons. The fourth-order valence-corrected chi connectivity index (χ4v) is 3.24. The molecule has 0 saturated carbocycles. The molecule has 0 unspecified atom stereocenters. The first kappa shape index (κ1) is 14.6. The molecule has 24 heavy (non-hydrogen) atoms. The number of H-pyrrole nitrogens is 1. The normalized spacial score (nSPS) is 11.0. The molecule has 4 heterocycles. The average molecular weight is 337 g/mol. The van der Waals surface area contributed by atoms with E-state index >= 15 is 0 Å². The fraction of sp³-hybridized carbons (Fsp3) is 0.118. The number of thiophene rings is 1. The molecule has 0 spiro atoms. The topological polar surface area (TPSA) is 66.3 Å². The van der Waals surface area contributed by atoms with Crippen molar-refractivity contribution in [2.75, 3.05) is 7.05 Å². The van der Waals surface area contributed by atoms with Crippen LogP contribution in [0.2, 0.25) is 0 Å². The van der Waals surface area contributed by atoms with Gasteiger partial charge in [0, 0.05) is 19.4 Å². The summed E-state index contributed by atoms with van der Waals surface area (Å²) in [6.45, 7) is 0.449. The van der Waals surface area contributed by atoms with Gasteiger partial charge in [-0.3, -0.25) is 9.89 Å². The maximum atomic E-state index is 12.6. The number of amides is 1. The summed E-state index contributed by atoms with van der Waals surface area (Å²) >= 11 is 1.64. The summed E-state index contributed by atoms with van der Waals surface area (Å²) < 4.78 is 1.84. The molecule has 0 aliphatic heterocycles. The highest BCUT2D eigenvalue weighted by atomic mass is 32.1. The highest BCUT2D eigenvalue weighted by molar-refractivity contribution is 7.13. The summed E-state index contributed by atoms with van der Waals surface area (Å²) in [6.07, 6.45) is 3.62. The summed E-state index contributed by atoms with van der Waals surface area (Å²) in [5.74, 6) is -0.119. The smallest absolute Gasteiger partial charge is 0.274 e. The summed E-state index contributed by atoms with van der Waals surface area (Å²) in [5.41, 5.74) is 2.98. The van der Waals surface area contributed by atoms with E-state index in [0.29, 0.717) is 12.2 Å². The van der Waals surface area contributed by atoms with E-state index in [0.717, 1.165) is 21.9 Å². The summed E-state index contributed by atoms with van der Waals surface area (Å²) in [4.78, 5) is 19.7. The van der Waals surface area contributed by atoms with Gasteiger partial charge in [-0.25, -0.2) is 4.98 Å². The van der Waals surface area contributed by atoms with Crippen LogP contribution in [0.1, 0.15) is 16.2 Å². The van der Waals surface area contributed by atoms with Crippen LogP contribution in [0.5, 0.6) is 0 Å². The van der Waals surface area contributed by atoms with Crippen LogP contribution in [0.3, 0.4) is 0 Å². The predicted molar refractivity (Wildman–Crippen MR) is 92.9 cm³/mol. The molecule has 0 aliphatic rings. The molecule has 0 aromatic carbocycles. The van der Waals surface area contributed by atoms with Gasteiger partial charge in [0.15, 0.2) is 0 Å². The van der Waals surface area contributed by atoms with E-state index in [-0.39, 0.29) is 5.91 Å². The van der Waals surface area contributed by atoms with E-state index in [1.165, 1.54) is 0 Å². The number of carbonyl (C=O) groups is 1. The third kappa shape index (κ3) is 2.69. The fourth-order valence-electron chi connectivity index (χ4n) is 2.55. The van der Waals surface area contributed by atoms with Crippen molar-refractivity contribution in [3.8, 4) is 10.6 Å². The molecule has 4 aromatic heterocycles. The van der Waals surface area contributed by atoms with Crippen molar-refractivity contribution >= 4 is 22.9 Å². The van der Waals surface area contributed by atoms with Crippen LogP contribution in [0.25, 0.3) is 16.2 Å². The number of nitrogens with zero attached hydrogens (tertiary/aromatic N) is 4. The monoisotopic (exact) mass is 337 g/mol. The highest BCUT2D eigenvalue weighted by Gasteiger charge is 2.17. The number of aromatic amines is 1. The number of imidazole rings is 1. The first-order valence-corrected chi connectivity index (χ1v) is 8.36. The number of hydrogen-bond donors (Lipinski definition) is 1. The largest absolute Gasteiger partial charge is 0.334 e. The molecular weight excluding hydrogens is 322 g/mol. The zero-order chi connectivity index (χ0) is 16.5. The zero-order valence-electron chi connectivity index (χ0n) is 13.0. The number of rotatable bonds is 4. The van der Waals surface area contributed by atoms with E-state index in [9.17, 15) is 4.79 Å². The van der Waals surface area contributed by atoms with Gasteiger partial charge in [-0.05, 0) is 29.6 Å². The molecular formula is C17H15N5OS. The Morgan fingerprint density at radius 2 is 2.25 bits per heavy atom. The number of fused-ring (bicyclic) bond motifs is 1. The van der Waals surface area contributed by atoms with E-state index in [2.05, 4.69) is 15.2 Å². The predicted octanol–water partition coefficient (Wildman–Crippen LogP) is 3.06. The Kier molecular flexibility index (Phi) is 3.62. The molecule has 7 heteroatoms. The second-order valence-corrected chi connectivity index (χ2v) is 6.46. The second-order valence-electron chi connectivity index (χ2n) is 5.51. The molecule has 0 aliphatic carbocycles. The van der Waals surface area contributed by atoms with Crippen LogP contribution in [-0.4, -0.2) is 37.4 Å². The van der Waals surface area contributed by atoms with Crippen LogP contribution >= 0.6 is 11.3 Å². The minimum Gasteiger partial charge on any atom is -0.334 e. The van der Waals surface area contributed by atoms with Crippen LogP contribution < -0.4 is 0 Å². The van der Waals surface area contributed by atoms with Gasteiger partial charge < -0.3 is 9.30 Å². The van der Waals surface area contributed by atoms with Crippen molar-refractivity contribution in [1.29, 1.82) is 0 Å². The van der Waals surface area contributed by atoms with E-state index in [1.807, 2.05) is 52.4 Å². The minimum absolute atomic E-state index is 0.119. The molecule has 0 radical (unpaired) electrons. The summed E-state index contributed by atoms with van der Waals surface area (Å²) in [7, 11) is 1.76. The molecule has 0 saturated heterocycles. The number of pyridine rings is 1. The minimum atomic E-state index is -0.119. The Morgan fingerprint density at radius 3 is 3.04 bits per heavy atom. The number of aromatic nitrogens is 4. The Labute approximate surface area is 142 Å². The first-order chi connectivity index (χ1) is 11.7. The van der Waals surface area contributed by atoms with Gasteiger partial charge >= 0.3 is 0 Å². The van der Waals surface area contributed by atoms with Crippen LogP contribution in [0.4, 0.5) is 0 Å². The van der Waals surface area contributed by atoms with Crippen molar-refractivity contribution < 1.29 is 4.79 Å². The van der Waals surface area contributed by atoms with Crippen molar-refractivity contribution in [2.24, 2.45) is 0 Å². The molecule has 0 fully saturated rings. The number of carbonyl (C=O) groups excluding carboxylic acids is 1. The molecule has 0 atom stereocenters. The van der Waals surface area contributed by atoms with Gasteiger partial charge in [0.1, 0.15) is 17.0 Å².